The number of ether oxygens (including phenoxy) is 2. The molecule has 2 aromatic heterocycles. The van der Waals surface area contributed by atoms with Crippen LogP contribution in [0.5, 0.6) is 5.75 Å². The van der Waals surface area contributed by atoms with E-state index in [0.717, 1.165) is 65.7 Å². The van der Waals surface area contributed by atoms with E-state index >= 15 is 0 Å². The molecule has 198 valence electrons. The number of hydrogen-bond donors (Lipinski definition) is 2. The van der Waals surface area contributed by atoms with Gasteiger partial charge < -0.3 is 30.0 Å². The molecular formula is C27H42N6O3. The molecule has 4 rings (SSSR count). The van der Waals surface area contributed by atoms with Gasteiger partial charge in [0.1, 0.15) is 23.2 Å². The van der Waals surface area contributed by atoms with Crippen molar-refractivity contribution in [3.05, 3.63) is 24.0 Å². The third-order valence-corrected chi connectivity index (χ3v) is 6.18. The highest BCUT2D eigenvalue weighted by atomic mass is 16.5. The summed E-state index contributed by atoms with van der Waals surface area (Å²) in [6.45, 7) is 12.9. The number of fused-ring (bicyclic) bond motifs is 3. The summed E-state index contributed by atoms with van der Waals surface area (Å²) in [6, 6.07) is 6.14. The fourth-order valence-electron chi connectivity index (χ4n) is 4.57. The van der Waals surface area contributed by atoms with Crippen LogP contribution in [0.25, 0.3) is 21.9 Å². The molecule has 1 saturated heterocycles. The topological polar surface area (TPSA) is 108 Å². The summed E-state index contributed by atoms with van der Waals surface area (Å²) in [6.07, 6.45) is 3.37. The van der Waals surface area contributed by atoms with Gasteiger partial charge >= 0.3 is 6.03 Å². The SMILES string of the molecule is CC.CCCn1c(CCOC)nc2c(N)nc3cc(OC4CCN(C(=O)NC(C)C)CC4)ccc3c21. The van der Waals surface area contributed by atoms with Crippen molar-refractivity contribution in [2.45, 2.75) is 79.0 Å². The van der Waals surface area contributed by atoms with Crippen LogP contribution in [-0.4, -0.2) is 64.4 Å². The quantitative estimate of drug-likeness (QED) is 0.464. The number of carbonyl (C=O) groups is 1. The summed E-state index contributed by atoms with van der Waals surface area (Å²) >= 11 is 0. The van der Waals surface area contributed by atoms with E-state index in [1.165, 1.54) is 0 Å². The fourth-order valence-corrected chi connectivity index (χ4v) is 4.57. The van der Waals surface area contributed by atoms with Crippen molar-refractivity contribution in [3.8, 4) is 5.75 Å². The lowest BCUT2D eigenvalue weighted by molar-refractivity contribution is 0.110. The maximum Gasteiger partial charge on any atom is 0.317 e. The first-order chi connectivity index (χ1) is 17.4. The Hall–Kier alpha value is -3.07. The first-order valence-corrected chi connectivity index (χ1v) is 13.2. The molecule has 0 atom stereocenters. The summed E-state index contributed by atoms with van der Waals surface area (Å²) < 4.78 is 13.8. The average Bonchev–Trinajstić information content (AvgIpc) is 3.23. The Balaban J connectivity index is 0.00000176. The second-order valence-corrected chi connectivity index (χ2v) is 9.20. The van der Waals surface area contributed by atoms with Crippen LogP contribution >= 0.6 is 0 Å². The minimum absolute atomic E-state index is 0.00333. The van der Waals surface area contributed by atoms with E-state index in [1.807, 2.05) is 44.7 Å². The zero-order valence-electron chi connectivity index (χ0n) is 22.6. The molecule has 9 nitrogen and oxygen atoms in total. The highest BCUT2D eigenvalue weighted by molar-refractivity contribution is 6.06. The summed E-state index contributed by atoms with van der Waals surface area (Å²) in [5.41, 5.74) is 8.90. The van der Waals surface area contributed by atoms with Gasteiger partial charge in [0.05, 0.1) is 17.6 Å². The van der Waals surface area contributed by atoms with Crippen LogP contribution in [0, 0.1) is 0 Å². The predicted molar refractivity (Wildman–Crippen MR) is 146 cm³/mol. The molecule has 1 aliphatic heterocycles. The number of aromatic nitrogens is 3. The molecule has 0 spiro atoms. The van der Waals surface area contributed by atoms with Crippen LogP contribution < -0.4 is 15.8 Å². The average molecular weight is 499 g/mol. The van der Waals surface area contributed by atoms with E-state index in [0.29, 0.717) is 25.5 Å². The number of rotatable bonds is 8. The number of methoxy groups -OCH3 is 1. The molecule has 0 unspecified atom stereocenters. The maximum absolute atomic E-state index is 12.2. The van der Waals surface area contributed by atoms with Gasteiger partial charge in [-0.2, -0.15) is 0 Å². The lowest BCUT2D eigenvalue weighted by Gasteiger charge is -2.32. The number of anilines is 1. The van der Waals surface area contributed by atoms with E-state index in [9.17, 15) is 4.79 Å². The maximum atomic E-state index is 12.2. The third-order valence-electron chi connectivity index (χ3n) is 6.18. The summed E-state index contributed by atoms with van der Waals surface area (Å²) in [7, 11) is 1.70. The van der Waals surface area contributed by atoms with Crippen molar-refractivity contribution >= 4 is 33.8 Å². The van der Waals surface area contributed by atoms with Crippen LogP contribution in [0.15, 0.2) is 18.2 Å². The number of imidazole rings is 1. The van der Waals surface area contributed by atoms with Gasteiger partial charge in [0, 0.05) is 63.5 Å². The van der Waals surface area contributed by atoms with Crippen molar-refractivity contribution in [3.63, 3.8) is 0 Å². The van der Waals surface area contributed by atoms with Crippen molar-refractivity contribution in [1.82, 2.24) is 24.8 Å². The van der Waals surface area contributed by atoms with Gasteiger partial charge in [0.25, 0.3) is 0 Å². The molecule has 3 heterocycles. The number of aryl methyl sites for hydroxylation is 1. The Bertz CT molecular complexity index is 1150. The number of hydrogen-bond acceptors (Lipinski definition) is 6. The number of pyridine rings is 1. The molecule has 1 aliphatic rings. The Labute approximate surface area is 214 Å². The summed E-state index contributed by atoms with van der Waals surface area (Å²) in [5.74, 6) is 2.16. The zero-order valence-corrected chi connectivity index (χ0v) is 22.6. The third kappa shape index (κ3) is 6.19. The van der Waals surface area contributed by atoms with E-state index in [4.69, 9.17) is 20.2 Å². The van der Waals surface area contributed by atoms with Crippen LogP contribution in [0.1, 0.15) is 59.7 Å². The second kappa shape index (κ2) is 12.8. The number of amides is 2. The molecule has 3 N–H and O–H groups in total. The van der Waals surface area contributed by atoms with Crippen LogP contribution in [0.3, 0.4) is 0 Å². The molecule has 1 fully saturated rings. The summed E-state index contributed by atoms with van der Waals surface area (Å²) in [5, 5.41) is 3.97. The molecule has 2 amide bonds. The molecule has 3 aromatic rings. The Kier molecular flexibility index (Phi) is 9.75. The van der Waals surface area contributed by atoms with E-state index < -0.39 is 0 Å². The lowest BCUT2D eigenvalue weighted by Crippen LogP contribution is -2.48. The first kappa shape index (κ1) is 27.5. The van der Waals surface area contributed by atoms with Crippen molar-refractivity contribution in [1.29, 1.82) is 0 Å². The van der Waals surface area contributed by atoms with Crippen molar-refractivity contribution in [2.24, 2.45) is 0 Å². The molecule has 0 aliphatic carbocycles. The van der Waals surface area contributed by atoms with Crippen LogP contribution in [0.2, 0.25) is 0 Å². The van der Waals surface area contributed by atoms with Crippen LogP contribution in [-0.2, 0) is 17.7 Å². The number of benzene rings is 1. The molecular weight excluding hydrogens is 456 g/mol. The Morgan fingerprint density at radius 1 is 1.22 bits per heavy atom. The minimum Gasteiger partial charge on any atom is -0.490 e. The van der Waals surface area contributed by atoms with Crippen LogP contribution in [0.4, 0.5) is 10.6 Å². The highest BCUT2D eigenvalue weighted by Crippen LogP contribution is 2.32. The molecule has 36 heavy (non-hydrogen) atoms. The van der Waals surface area contributed by atoms with E-state index in [2.05, 4.69) is 27.9 Å². The lowest BCUT2D eigenvalue weighted by atomic mass is 10.1. The Morgan fingerprint density at radius 2 is 1.94 bits per heavy atom. The second-order valence-electron chi connectivity index (χ2n) is 9.20. The summed E-state index contributed by atoms with van der Waals surface area (Å²) in [4.78, 5) is 23.5. The minimum atomic E-state index is -0.00333. The van der Waals surface area contributed by atoms with Gasteiger partial charge in [0.15, 0.2) is 5.82 Å². The van der Waals surface area contributed by atoms with Gasteiger partial charge in [-0.25, -0.2) is 14.8 Å². The normalized spacial score (nSPS) is 14.2. The van der Waals surface area contributed by atoms with Gasteiger partial charge in [-0.3, -0.25) is 0 Å². The molecule has 1 aromatic carbocycles. The highest BCUT2D eigenvalue weighted by Gasteiger charge is 2.24. The number of nitrogens with two attached hydrogens (primary N) is 1. The van der Waals surface area contributed by atoms with Gasteiger partial charge in [-0.1, -0.05) is 20.8 Å². The number of piperidine rings is 1. The van der Waals surface area contributed by atoms with Gasteiger partial charge in [0.2, 0.25) is 0 Å². The van der Waals surface area contributed by atoms with Gasteiger partial charge in [-0.15, -0.1) is 0 Å². The van der Waals surface area contributed by atoms with E-state index in [-0.39, 0.29) is 18.2 Å². The first-order valence-electron chi connectivity index (χ1n) is 13.2. The number of carbonyl (C=O) groups excluding carboxylic acids is 1. The number of nitrogens with one attached hydrogen (secondary N) is 1. The van der Waals surface area contributed by atoms with E-state index in [1.54, 1.807) is 7.11 Å². The standard InChI is InChI=1S/C25H36N6O3.C2H6/c1-5-11-31-21(10-14-33-4)29-22-23(31)19-7-6-18(15-20(19)28-24(22)26)34-17-8-12-30(13-9-17)25(32)27-16(2)3;1-2/h6-7,15-17H,5,8-14H2,1-4H3,(H2,26,28)(H,27,32);1-2H3. The molecule has 0 saturated carbocycles. The predicted octanol–water partition coefficient (Wildman–Crippen LogP) is 4.75. The van der Waals surface area contributed by atoms with Crippen molar-refractivity contribution < 1.29 is 14.3 Å². The molecule has 9 heteroatoms. The molecule has 0 bridgehead atoms. The number of nitrogen functional groups attached to an aromatic ring is 1. The number of likely N-dealkylation sites (tertiary alicyclic amines) is 1. The largest absolute Gasteiger partial charge is 0.490 e. The number of urea groups is 1. The zero-order chi connectivity index (χ0) is 26.2. The number of nitrogens with zero attached hydrogens (tertiary/aromatic N) is 4. The smallest absolute Gasteiger partial charge is 0.317 e. The molecule has 0 radical (unpaired) electrons. The van der Waals surface area contributed by atoms with Crippen molar-refractivity contribution in [2.75, 3.05) is 32.5 Å². The fraction of sp³-hybridized carbons (Fsp3) is 0.593. The monoisotopic (exact) mass is 498 g/mol. The van der Waals surface area contributed by atoms with Gasteiger partial charge in [-0.05, 0) is 32.4 Å². The Morgan fingerprint density at radius 3 is 2.58 bits per heavy atom.